The summed E-state index contributed by atoms with van der Waals surface area (Å²) in [4.78, 5) is 16.2. The van der Waals surface area contributed by atoms with E-state index >= 15 is 0 Å². The van der Waals surface area contributed by atoms with Gasteiger partial charge in [0.05, 0.1) is 6.04 Å². The normalized spacial score (nSPS) is 21.4. The minimum absolute atomic E-state index is 0.207. The van der Waals surface area contributed by atoms with E-state index in [2.05, 4.69) is 10.0 Å². The van der Waals surface area contributed by atoms with Gasteiger partial charge in [0, 0.05) is 18.6 Å². The fourth-order valence-corrected chi connectivity index (χ4v) is 2.21. The summed E-state index contributed by atoms with van der Waals surface area (Å²) in [5, 5.41) is 3.63. The highest BCUT2D eigenvalue weighted by molar-refractivity contribution is 5.68. The maximum Gasteiger partial charge on any atom is 0.412 e. The first kappa shape index (κ1) is 14.2. The van der Waals surface area contributed by atoms with Crippen molar-refractivity contribution in [3.63, 3.8) is 0 Å². The summed E-state index contributed by atoms with van der Waals surface area (Å²) in [6.45, 7) is 0.661. The van der Waals surface area contributed by atoms with Gasteiger partial charge in [0.1, 0.15) is 12.8 Å². The van der Waals surface area contributed by atoms with Gasteiger partial charge in [0.15, 0.2) is 0 Å². The Morgan fingerprint density at radius 1 is 1.50 bits per heavy atom. The molecule has 0 radical (unpaired) electrons. The third kappa shape index (κ3) is 3.20. The van der Waals surface area contributed by atoms with Crippen LogP contribution in [0.5, 0.6) is 0 Å². The van der Waals surface area contributed by atoms with Crippen LogP contribution in [0.4, 0.5) is 4.79 Å². The van der Waals surface area contributed by atoms with Gasteiger partial charge in [-0.1, -0.05) is 35.4 Å². The zero-order chi connectivity index (χ0) is 14.4. The number of methoxy groups -OCH3 is 1. The second-order valence-corrected chi connectivity index (χ2v) is 4.42. The van der Waals surface area contributed by atoms with E-state index in [1.807, 2.05) is 30.3 Å². The number of hydrogen-bond donors (Lipinski definition) is 0. The predicted molar refractivity (Wildman–Crippen MR) is 71.7 cm³/mol. The summed E-state index contributed by atoms with van der Waals surface area (Å²) < 4.78 is 10.5. The van der Waals surface area contributed by atoms with Crippen LogP contribution in [0.15, 0.2) is 35.4 Å². The number of amides is 1. The molecule has 1 aliphatic rings. The molecule has 0 aromatic heterocycles. The lowest BCUT2D eigenvalue weighted by atomic mass is 10.2. The third-order valence-corrected chi connectivity index (χ3v) is 3.18. The molecule has 0 bridgehead atoms. The highest BCUT2D eigenvalue weighted by atomic mass is 16.6. The molecule has 1 heterocycles. The van der Waals surface area contributed by atoms with Crippen molar-refractivity contribution in [1.82, 2.24) is 4.90 Å². The number of hydrogen-bond acceptors (Lipinski definition) is 4. The summed E-state index contributed by atoms with van der Waals surface area (Å²) in [5.41, 5.74) is 9.40. The number of benzene rings is 1. The van der Waals surface area contributed by atoms with Crippen LogP contribution in [0.3, 0.4) is 0 Å². The van der Waals surface area contributed by atoms with Crippen LogP contribution in [-0.4, -0.2) is 36.9 Å². The number of carbonyl (C=O) groups excluding carboxylic acids is 1. The minimum atomic E-state index is -0.561. The van der Waals surface area contributed by atoms with E-state index in [-0.39, 0.29) is 12.6 Å². The van der Waals surface area contributed by atoms with E-state index in [4.69, 9.17) is 15.0 Å². The van der Waals surface area contributed by atoms with Gasteiger partial charge < -0.3 is 9.47 Å². The van der Waals surface area contributed by atoms with Gasteiger partial charge in [-0.05, 0) is 17.5 Å². The molecule has 1 fully saturated rings. The Bertz CT molecular complexity index is 502. The largest absolute Gasteiger partial charge is 0.444 e. The Labute approximate surface area is 116 Å². The highest BCUT2D eigenvalue weighted by Crippen LogP contribution is 2.22. The molecule has 2 atom stereocenters. The standard InChI is InChI=1S/C13H16N4O3/c1-19-12-11(15-16-14)7-8-17(12)13(18)20-9-10-5-3-2-4-6-10/h2-6,11-12H,7-9H2,1H3. The smallest absolute Gasteiger partial charge is 0.412 e. The molecule has 1 amide bonds. The van der Waals surface area contributed by atoms with E-state index in [9.17, 15) is 4.79 Å². The molecule has 106 valence electrons. The average molecular weight is 276 g/mol. The maximum atomic E-state index is 12.0. The number of carbonyl (C=O) groups is 1. The van der Waals surface area contributed by atoms with Gasteiger partial charge in [-0.3, -0.25) is 4.90 Å². The summed E-state index contributed by atoms with van der Waals surface area (Å²) in [7, 11) is 1.48. The van der Waals surface area contributed by atoms with Crippen LogP contribution in [0.1, 0.15) is 12.0 Å². The monoisotopic (exact) mass is 276 g/mol. The van der Waals surface area contributed by atoms with Crippen molar-refractivity contribution in [3.8, 4) is 0 Å². The van der Waals surface area contributed by atoms with Crippen molar-refractivity contribution in [1.29, 1.82) is 0 Å². The number of azide groups is 1. The lowest BCUT2D eigenvalue weighted by Gasteiger charge is -2.24. The summed E-state index contributed by atoms with van der Waals surface area (Å²) in [5.74, 6) is 0. The van der Waals surface area contributed by atoms with Crippen LogP contribution in [0, 0.1) is 0 Å². The lowest BCUT2D eigenvalue weighted by molar-refractivity contribution is -0.0145. The first-order chi connectivity index (χ1) is 9.76. The van der Waals surface area contributed by atoms with Gasteiger partial charge in [-0.15, -0.1) is 0 Å². The van der Waals surface area contributed by atoms with Gasteiger partial charge in [0.25, 0.3) is 0 Å². The molecule has 1 aliphatic heterocycles. The quantitative estimate of drug-likeness (QED) is 0.481. The lowest BCUT2D eigenvalue weighted by Crippen LogP contribution is -2.40. The molecule has 0 aliphatic carbocycles. The van der Waals surface area contributed by atoms with Gasteiger partial charge in [0.2, 0.25) is 0 Å². The van der Waals surface area contributed by atoms with E-state index < -0.39 is 12.3 Å². The van der Waals surface area contributed by atoms with Gasteiger partial charge in [-0.25, -0.2) is 4.79 Å². The van der Waals surface area contributed by atoms with Crippen LogP contribution in [0.2, 0.25) is 0 Å². The van der Waals surface area contributed by atoms with Crippen LogP contribution >= 0.6 is 0 Å². The SMILES string of the molecule is COC1C(N=[N+]=[N-])CCN1C(=O)OCc1ccccc1. The predicted octanol–water partition coefficient (Wildman–Crippen LogP) is 2.68. The third-order valence-electron chi connectivity index (χ3n) is 3.18. The fourth-order valence-electron chi connectivity index (χ4n) is 2.21. The van der Waals surface area contributed by atoms with E-state index in [0.29, 0.717) is 13.0 Å². The maximum absolute atomic E-state index is 12.0. The molecule has 0 spiro atoms. The zero-order valence-electron chi connectivity index (χ0n) is 11.2. The second kappa shape index (κ2) is 6.79. The van der Waals surface area contributed by atoms with Crippen molar-refractivity contribution in [2.75, 3.05) is 13.7 Å². The minimum Gasteiger partial charge on any atom is -0.444 e. The fraction of sp³-hybridized carbons (Fsp3) is 0.462. The first-order valence-corrected chi connectivity index (χ1v) is 6.30. The summed E-state index contributed by atoms with van der Waals surface area (Å²) >= 11 is 0. The van der Waals surface area contributed by atoms with Crippen molar-refractivity contribution in [3.05, 3.63) is 46.3 Å². The number of likely N-dealkylation sites (tertiary alicyclic amines) is 1. The molecule has 7 nitrogen and oxygen atoms in total. The molecule has 1 aromatic carbocycles. The average Bonchev–Trinajstić information content (AvgIpc) is 2.89. The van der Waals surface area contributed by atoms with E-state index in [1.54, 1.807) is 0 Å². The highest BCUT2D eigenvalue weighted by Gasteiger charge is 2.37. The van der Waals surface area contributed by atoms with Crippen molar-refractivity contribution in [2.24, 2.45) is 5.11 Å². The van der Waals surface area contributed by atoms with E-state index in [0.717, 1.165) is 5.56 Å². The van der Waals surface area contributed by atoms with Crippen LogP contribution < -0.4 is 0 Å². The molecule has 1 aromatic rings. The molecule has 1 saturated heterocycles. The van der Waals surface area contributed by atoms with Crippen molar-refractivity contribution in [2.45, 2.75) is 25.3 Å². The Hall–Kier alpha value is -2.24. The molecule has 7 heteroatoms. The molecule has 2 unspecified atom stereocenters. The van der Waals surface area contributed by atoms with Crippen molar-refractivity contribution < 1.29 is 14.3 Å². The van der Waals surface area contributed by atoms with Crippen LogP contribution in [0.25, 0.3) is 10.4 Å². The summed E-state index contributed by atoms with van der Waals surface area (Å²) in [6.07, 6.45) is -0.450. The molecule has 20 heavy (non-hydrogen) atoms. The Balaban J connectivity index is 1.94. The molecule has 0 N–H and O–H groups in total. The Kier molecular flexibility index (Phi) is 4.81. The number of nitrogens with zero attached hydrogens (tertiary/aromatic N) is 4. The number of ether oxygens (including phenoxy) is 2. The number of rotatable bonds is 4. The van der Waals surface area contributed by atoms with Gasteiger partial charge in [-0.2, -0.15) is 0 Å². The Morgan fingerprint density at radius 2 is 2.25 bits per heavy atom. The van der Waals surface area contributed by atoms with Crippen molar-refractivity contribution >= 4 is 6.09 Å². The van der Waals surface area contributed by atoms with E-state index in [1.165, 1.54) is 12.0 Å². The molecular weight excluding hydrogens is 260 g/mol. The molecule has 2 rings (SSSR count). The van der Waals surface area contributed by atoms with Gasteiger partial charge >= 0.3 is 6.09 Å². The zero-order valence-corrected chi connectivity index (χ0v) is 11.2. The first-order valence-electron chi connectivity index (χ1n) is 6.30. The topological polar surface area (TPSA) is 87.5 Å². The second-order valence-electron chi connectivity index (χ2n) is 4.42. The summed E-state index contributed by atoms with van der Waals surface area (Å²) in [6, 6.07) is 9.07. The molecule has 0 saturated carbocycles. The Morgan fingerprint density at radius 3 is 2.90 bits per heavy atom. The molecular formula is C13H16N4O3. The van der Waals surface area contributed by atoms with Crippen LogP contribution in [-0.2, 0) is 16.1 Å².